The van der Waals surface area contributed by atoms with Crippen LogP contribution in [0.1, 0.15) is 39.2 Å². The molecule has 2 atom stereocenters. The van der Waals surface area contributed by atoms with Gasteiger partial charge in [0.1, 0.15) is 5.25 Å². The number of benzene rings is 1. The fraction of sp³-hybridized carbons (Fsp3) is 0.625. The summed E-state index contributed by atoms with van der Waals surface area (Å²) in [6.45, 7) is 12.1. The van der Waals surface area contributed by atoms with Crippen LogP contribution in [0, 0.1) is 0 Å². The zero-order valence-electron chi connectivity index (χ0n) is 14.6. The van der Waals surface area contributed by atoms with Crippen LogP contribution in [0.3, 0.4) is 0 Å². The van der Waals surface area contributed by atoms with Gasteiger partial charge >= 0.3 is 0 Å². The minimum absolute atomic E-state index is 0.0248. The Bertz CT molecular complexity index is 638. The van der Waals surface area contributed by atoms with Gasteiger partial charge in [-0.15, -0.1) is 0 Å². The van der Waals surface area contributed by atoms with Crippen molar-refractivity contribution in [2.75, 3.05) is 6.61 Å². The van der Waals surface area contributed by atoms with Crippen LogP contribution in [-0.2, 0) is 14.5 Å². The van der Waals surface area contributed by atoms with E-state index in [4.69, 9.17) is 16.0 Å². The van der Waals surface area contributed by atoms with Gasteiger partial charge in [0.05, 0.1) is 6.61 Å². The molecule has 132 valence electrons. The van der Waals surface area contributed by atoms with Crippen molar-refractivity contribution in [3.8, 4) is 0 Å². The second-order valence-electron chi connectivity index (χ2n) is 7.47. The lowest BCUT2D eigenvalue weighted by molar-refractivity contribution is 0.269. The van der Waals surface area contributed by atoms with E-state index >= 15 is 0 Å². The van der Waals surface area contributed by atoms with Crippen LogP contribution in [0.5, 0.6) is 0 Å². The second-order valence-corrected chi connectivity index (χ2v) is 14.3. The molecule has 0 aromatic heterocycles. The lowest BCUT2D eigenvalue weighted by Crippen LogP contribution is -2.44. The maximum Gasteiger partial charge on any atom is 0.270 e. The van der Waals surface area contributed by atoms with Gasteiger partial charge in [-0.25, -0.2) is 0 Å². The monoisotopic (exact) mass is 378 g/mol. The summed E-state index contributed by atoms with van der Waals surface area (Å²) in [4.78, 5) is 0. The first-order valence-electron chi connectivity index (χ1n) is 7.61. The summed E-state index contributed by atoms with van der Waals surface area (Å²) < 4.78 is 39.4. The van der Waals surface area contributed by atoms with Crippen molar-refractivity contribution < 1.29 is 17.4 Å². The van der Waals surface area contributed by atoms with E-state index < -0.39 is 29.6 Å². The standard InChI is InChI=1S/C16H27ClO4SSi/c1-12(13-8-7-9-14(17)10-13)15(22(18,19)20)11-21-23(5,6)16(2,3)4/h7-10,12,15H,11H2,1-6H3,(H,18,19,20)/t12?,15-/m0/s1. The molecule has 0 saturated carbocycles. The summed E-state index contributed by atoms with van der Waals surface area (Å²) in [6, 6.07) is 7.02. The van der Waals surface area contributed by atoms with Crippen LogP contribution in [0.15, 0.2) is 24.3 Å². The molecule has 1 rings (SSSR count). The molecule has 1 N–H and O–H groups in total. The number of hydrogen-bond acceptors (Lipinski definition) is 3. The number of rotatable bonds is 6. The van der Waals surface area contributed by atoms with Crippen LogP contribution >= 0.6 is 11.6 Å². The quantitative estimate of drug-likeness (QED) is 0.574. The van der Waals surface area contributed by atoms with Gasteiger partial charge < -0.3 is 4.43 Å². The Balaban J connectivity index is 3.03. The number of halogens is 1. The summed E-state index contributed by atoms with van der Waals surface area (Å²) >= 11 is 5.98. The molecule has 4 nitrogen and oxygen atoms in total. The van der Waals surface area contributed by atoms with Gasteiger partial charge in [-0.3, -0.25) is 4.55 Å². The fourth-order valence-electron chi connectivity index (χ4n) is 2.00. The predicted octanol–water partition coefficient (Wildman–Crippen LogP) is 4.72. The van der Waals surface area contributed by atoms with E-state index in [1.54, 1.807) is 31.2 Å². The molecule has 1 aromatic rings. The molecule has 0 saturated heterocycles. The topological polar surface area (TPSA) is 63.6 Å². The Morgan fingerprint density at radius 1 is 1.30 bits per heavy atom. The van der Waals surface area contributed by atoms with Gasteiger partial charge in [-0.1, -0.05) is 51.4 Å². The van der Waals surface area contributed by atoms with Gasteiger partial charge in [-0.2, -0.15) is 8.42 Å². The summed E-state index contributed by atoms with van der Waals surface area (Å²) in [6.07, 6.45) is 0. The van der Waals surface area contributed by atoms with Crippen molar-refractivity contribution >= 4 is 30.0 Å². The van der Waals surface area contributed by atoms with E-state index in [1.807, 2.05) is 0 Å². The van der Waals surface area contributed by atoms with Gasteiger partial charge in [0.25, 0.3) is 10.1 Å². The van der Waals surface area contributed by atoms with Crippen molar-refractivity contribution in [3.63, 3.8) is 0 Å². The van der Waals surface area contributed by atoms with E-state index in [0.717, 1.165) is 5.56 Å². The molecule has 23 heavy (non-hydrogen) atoms. The zero-order chi connectivity index (χ0) is 18.1. The third-order valence-corrected chi connectivity index (χ3v) is 10.8. The highest BCUT2D eigenvalue weighted by molar-refractivity contribution is 7.86. The van der Waals surface area contributed by atoms with Crippen LogP contribution in [0.25, 0.3) is 0 Å². The molecule has 0 aliphatic heterocycles. The molecule has 0 radical (unpaired) electrons. The predicted molar refractivity (Wildman–Crippen MR) is 98.4 cm³/mol. The van der Waals surface area contributed by atoms with Crippen LogP contribution < -0.4 is 0 Å². The molecule has 0 bridgehead atoms. The Labute approximate surface area is 146 Å². The maximum absolute atomic E-state index is 11.9. The molecule has 1 aromatic carbocycles. The maximum atomic E-state index is 11.9. The minimum atomic E-state index is -4.24. The van der Waals surface area contributed by atoms with Gasteiger partial charge in [0, 0.05) is 10.9 Å². The number of hydrogen-bond donors (Lipinski definition) is 1. The Hall–Kier alpha value is -0.403. The Morgan fingerprint density at radius 2 is 1.87 bits per heavy atom. The van der Waals surface area contributed by atoms with E-state index in [9.17, 15) is 13.0 Å². The highest BCUT2D eigenvalue weighted by atomic mass is 35.5. The van der Waals surface area contributed by atoms with Gasteiger partial charge in [-0.05, 0) is 35.8 Å². The molecular formula is C16H27ClO4SSi. The summed E-state index contributed by atoms with van der Waals surface area (Å²) in [5.41, 5.74) is 0.763. The Kier molecular flexibility index (Phi) is 6.49. The van der Waals surface area contributed by atoms with Gasteiger partial charge in [0.2, 0.25) is 0 Å². The minimum Gasteiger partial charge on any atom is -0.415 e. The Morgan fingerprint density at radius 3 is 2.30 bits per heavy atom. The third kappa shape index (κ3) is 5.57. The average Bonchev–Trinajstić information content (AvgIpc) is 2.35. The van der Waals surface area contributed by atoms with E-state index in [2.05, 4.69) is 33.9 Å². The van der Waals surface area contributed by atoms with Crippen molar-refractivity contribution in [1.82, 2.24) is 0 Å². The molecular weight excluding hydrogens is 352 g/mol. The molecule has 0 amide bonds. The summed E-state index contributed by atoms with van der Waals surface area (Å²) in [5.74, 6) is -0.423. The molecule has 0 aliphatic carbocycles. The summed E-state index contributed by atoms with van der Waals surface area (Å²) in [7, 11) is -6.34. The van der Waals surface area contributed by atoms with Crippen LogP contribution in [0.2, 0.25) is 23.2 Å². The van der Waals surface area contributed by atoms with Gasteiger partial charge in [0.15, 0.2) is 8.32 Å². The smallest absolute Gasteiger partial charge is 0.270 e. The van der Waals surface area contributed by atoms with Crippen LogP contribution in [0.4, 0.5) is 0 Å². The third-order valence-electron chi connectivity index (χ3n) is 4.73. The summed E-state index contributed by atoms with van der Waals surface area (Å²) in [5, 5.41) is -0.514. The first-order valence-corrected chi connectivity index (χ1v) is 12.4. The lowest BCUT2D eigenvalue weighted by Gasteiger charge is -2.37. The fourth-order valence-corrected chi connectivity index (χ4v) is 4.26. The van der Waals surface area contributed by atoms with E-state index in [0.29, 0.717) is 5.02 Å². The lowest BCUT2D eigenvalue weighted by atomic mass is 9.98. The molecule has 7 heteroatoms. The zero-order valence-corrected chi connectivity index (χ0v) is 17.2. The largest absolute Gasteiger partial charge is 0.415 e. The SMILES string of the molecule is CC(c1cccc(Cl)c1)[C@H](CO[Si](C)(C)C(C)(C)C)S(=O)(=O)O. The molecule has 0 aliphatic rings. The molecule has 0 spiro atoms. The molecule has 0 fully saturated rings. The van der Waals surface area contributed by atoms with E-state index in [1.165, 1.54) is 0 Å². The normalized spacial score (nSPS) is 16.2. The highest BCUT2D eigenvalue weighted by Gasteiger charge is 2.40. The van der Waals surface area contributed by atoms with E-state index in [-0.39, 0.29) is 11.6 Å². The second kappa shape index (κ2) is 7.23. The highest BCUT2D eigenvalue weighted by Crippen LogP contribution is 2.37. The van der Waals surface area contributed by atoms with Crippen molar-refractivity contribution in [1.29, 1.82) is 0 Å². The van der Waals surface area contributed by atoms with Crippen molar-refractivity contribution in [3.05, 3.63) is 34.9 Å². The average molecular weight is 379 g/mol. The molecule has 0 heterocycles. The van der Waals surface area contributed by atoms with Crippen molar-refractivity contribution in [2.24, 2.45) is 0 Å². The molecule has 1 unspecified atom stereocenters. The van der Waals surface area contributed by atoms with Crippen molar-refractivity contribution in [2.45, 2.75) is 57.0 Å². The van der Waals surface area contributed by atoms with Crippen LogP contribution in [-0.4, -0.2) is 33.1 Å². The first kappa shape index (κ1) is 20.6. The first-order chi connectivity index (χ1) is 10.3.